The van der Waals surface area contributed by atoms with Crippen LogP contribution in [0.25, 0.3) is 0 Å². The Morgan fingerprint density at radius 1 is 1.31 bits per heavy atom. The second kappa shape index (κ2) is 4.91. The van der Waals surface area contributed by atoms with Crippen molar-refractivity contribution in [1.29, 1.82) is 0 Å². The molecule has 0 N–H and O–H groups in total. The topological polar surface area (TPSA) is 3.24 Å². The lowest BCUT2D eigenvalue weighted by Gasteiger charge is -2.23. The Bertz CT molecular complexity index is 364. The normalized spacial score (nSPS) is 11.6. The monoisotopic (exact) mass is 255 g/mol. The van der Waals surface area contributed by atoms with Gasteiger partial charge in [-0.15, -0.1) is 11.6 Å². The molecule has 0 atom stereocenters. The number of hydrogen-bond donors (Lipinski definition) is 0. The van der Waals surface area contributed by atoms with Crippen molar-refractivity contribution in [1.82, 2.24) is 0 Å². The quantitative estimate of drug-likeness (QED) is 0.590. The lowest BCUT2D eigenvalue weighted by molar-refractivity contribution is -0.119. The van der Waals surface area contributed by atoms with E-state index in [0.29, 0.717) is 5.56 Å². The predicted molar refractivity (Wildman–Crippen MR) is 55.3 cm³/mol. The summed E-state index contributed by atoms with van der Waals surface area (Å²) in [6.07, 6.45) is -4.37. The summed E-state index contributed by atoms with van der Waals surface area (Å²) >= 11 is 5.54. The maximum Gasteiger partial charge on any atom is 0.405 e. The van der Waals surface area contributed by atoms with Crippen LogP contribution in [0.2, 0.25) is 0 Å². The fourth-order valence-corrected chi connectivity index (χ4v) is 1.66. The van der Waals surface area contributed by atoms with E-state index in [-0.39, 0.29) is 11.6 Å². The lowest BCUT2D eigenvalue weighted by atomic mass is 10.1. The number of para-hydroxylation sites is 1. The van der Waals surface area contributed by atoms with Crippen molar-refractivity contribution >= 4 is 17.3 Å². The fraction of sp³-hybridized carbons (Fsp3) is 0.400. The van der Waals surface area contributed by atoms with Gasteiger partial charge in [0, 0.05) is 12.9 Å². The Hall–Kier alpha value is -0.970. The van der Waals surface area contributed by atoms with Gasteiger partial charge in [0.1, 0.15) is 12.4 Å². The molecule has 16 heavy (non-hydrogen) atoms. The highest BCUT2D eigenvalue weighted by molar-refractivity contribution is 6.17. The van der Waals surface area contributed by atoms with Crippen molar-refractivity contribution in [3.63, 3.8) is 0 Å². The molecule has 0 unspecified atom stereocenters. The fourth-order valence-electron chi connectivity index (χ4n) is 1.44. The van der Waals surface area contributed by atoms with Gasteiger partial charge in [-0.2, -0.15) is 13.2 Å². The Labute approximate surface area is 95.6 Å². The Morgan fingerprint density at radius 3 is 2.44 bits per heavy atom. The highest BCUT2D eigenvalue weighted by atomic mass is 35.5. The number of benzene rings is 1. The Kier molecular flexibility index (Phi) is 4.02. The number of anilines is 1. The zero-order chi connectivity index (χ0) is 12.3. The average Bonchev–Trinajstić information content (AvgIpc) is 2.14. The van der Waals surface area contributed by atoms with Gasteiger partial charge >= 0.3 is 6.18 Å². The van der Waals surface area contributed by atoms with Gasteiger partial charge in [0.05, 0.1) is 5.69 Å². The smallest absolute Gasteiger partial charge is 0.363 e. The summed E-state index contributed by atoms with van der Waals surface area (Å²) in [6.45, 7) is -1.21. The minimum atomic E-state index is -4.37. The third-order valence-electron chi connectivity index (χ3n) is 2.01. The van der Waals surface area contributed by atoms with Crippen molar-refractivity contribution < 1.29 is 17.6 Å². The molecular weight excluding hydrogens is 246 g/mol. The van der Waals surface area contributed by atoms with Gasteiger partial charge in [-0.3, -0.25) is 0 Å². The van der Waals surface area contributed by atoms with Crippen LogP contribution in [0.15, 0.2) is 18.2 Å². The lowest BCUT2D eigenvalue weighted by Crippen LogP contribution is -2.32. The number of rotatable bonds is 3. The highest BCUT2D eigenvalue weighted by Gasteiger charge is 2.30. The molecule has 1 nitrogen and oxygen atoms in total. The van der Waals surface area contributed by atoms with Crippen molar-refractivity contribution in [2.24, 2.45) is 0 Å². The van der Waals surface area contributed by atoms with E-state index in [0.717, 1.165) is 11.0 Å². The predicted octanol–water partition coefficient (Wildman–Crippen LogP) is 3.56. The second-order valence-electron chi connectivity index (χ2n) is 3.35. The summed E-state index contributed by atoms with van der Waals surface area (Å²) in [5.74, 6) is -0.736. The van der Waals surface area contributed by atoms with Crippen molar-refractivity contribution in [3.05, 3.63) is 29.6 Å². The van der Waals surface area contributed by atoms with E-state index in [2.05, 4.69) is 0 Å². The average molecular weight is 256 g/mol. The molecule has 6 heteroatoms. The molecule has 0 amide bonds. The van der Waals surface area contributed by atoms with Gasteiger partial charge in [0.2, 0.25) is 0 Å². The van der Waals surface area contributed by atoms with Crippen LogP contribution in [0, 0.1) is 5.82 Å². The van der Waals surface area contributed by atoms with Crippen LogP contribution in [0.3, 0.4) is 0 Å². The Balaban J connectivity index is 3.02. The number of nitrogens with zero attached hydrogens (tertiary/aromatic N) is 1. The van der Waals surface area contributed by atoms with Crippen LogP contribution in [0.1, 0.15) is 5.56 Å². The maximum absolute atomic E-state index is 13.4. The van der Waals surface area contributed by atoms with Gasteiger partial charge in [-0.1, -0.05) is 12.1 Å². The van der Waals surface area contributed by atoms with E-state index < -0.39 is 18.5 Å². The van der Waals surface area contributed by atoms with Gasteiger partial charge in [0.15, 0.2) is 0 Å². The molecule has 0 saturated heterocycles. The summed E-state index contributed by atoms with van der Waals surface area (Å²) in [4.78, 5) is 0.813. The highest BCUT2D eigenvalue weighted by Crippen LogP contribution is 2.27. The van der Waals surface area contributed by atoms with Crippen LogP contribution < -0.4 is 4.90 Å². The molecule has 0 spiro atoms. The zero-order valence-electron chi connectivity index (χ0n) is 8.48. The van der Waals surface area contributed by atoms with Gasteiger partial charge in [-0.05, 0) is 11.6 Å². The van der Waals surface area contributed by atoms with Crippen LogP contribution >= 0.6 is 11.6 Å². The van der Waals surface area contributed by atoms with Crippen molar-refractivity contribution in [2.75, 3.05) is 18.5 Å². The molecule has 0 aliphatic heterocycles. The molecule has 1 aromatic rings. The summed E-state index contributed by atoms with van der Waals surface area (Å²) in [7, 11) is 1.18. The first-order valence-electron chi connectivity index (χ1n) is 4.46. The minimum absolute atomic E-state index is 0.0324. The first-order valence-corrected chi connectivity index (χ1v) is 5.00. The van der Waals surface area contributed by atoms with Crippen LogP contribution in [-0.4, -0.2) is 19.8 Å². The SMILES string of the molecule is CN(CC(F)(F)F)c1c(F)cccc1CCl. The molecule has 0 aliphatic carbocycles. The van der Waals surface area contributed by atoms with Crippen LogP contribution in [-0.2, 0) is 5.88 Å². The zero-order valence-corrected chi connectivity index (χ0v) is 9.24. The first-order chi connectivity index (χ1) is 7.35. The van der Waals surface area contributed by atoms with E-state index in [1.807, 2.05) is 0 Å². The Morgan fingerprint density at radius 2 is 1.94 bits per heavy atom. The third-order valence-corrected chi connectivity index (χ3v) is 2.30. The molecule has 0 aromatic heterocycles. The van der Waals surface area contributed by atoms with E-state index in [1.54, 1.807) is 0 Å². The summed E-state index contributed by atoms with van der Waals surface area (Å²) in [6, 6.07) is 4.02. The number of halogens is 5. The van der Waals surface area contributed by atoms with E-state index in [1.165, 1.54) is 19.2 Å². The molecule has 90 valence electrons. The number of alkyl halides is 4. The molecule has 0 heterocycles. The van der Waals surface area contributed by atoms with E-state index in [9.17, 15) is 17.6 Å². The minimum Gasteiger partial charge on any atom is -0.363 e. The summed E-state index contributed by atoms with van der Waals surface area (Å²) in [5, 5.41) is 0. The van der Waals surface area contributed by atoms with E-state index in [4.69, 9.17) is 11.6 Å². The van der Waals surface area contributed by atoms with Crippen molar-refractivity contribution in [2.45, 2.75) is 12.1 Å². The van der Waals surface area contributed by atoms with Gasteiger partial charge in [0.25, 0.3) is 0 Å². The molecule has 1 rings (SSSR count). The molecular formula is C10H10ClF4N. The standard InChI is InChI=1S/C10H10ClF4N/c1-16(6-10(13,14)15)9-7(5-11)3-2-4-8(9)12/h2-4H,5-6H2,1H3. The summed E-state index contributed by atoms with van der Waals surface area (Å²) in [5.41, 5.74) is 0.239. The third kappa shape index (κ3) is 3.27. The molecule has 1 aromatic carbocycles. The van der Waals surface area contributed by atoms with Crippen LogP contribution in [0.4, 0.5) is 23.2 Å². The van der Waals surface area contributed by atoms with E-state index >= 15 is 0 Å². The molecule has 0 fully saturated rings. The molecule has 0 bridgehead atoms. The van der Waals surface area contributed by atoms with Crippen molar-refractivity contribution in [3.8, 4) is 0 Å². The maximum atomic E-state index is 13.4. The van der Waals surface area contributed by atoms with Gasteiger partial charge < -0.3 is 4.90 Å². The molecule has 0 saturated carbocycles. The van der Waals surface area contributed by atoms with Crippen LogP contribution in [0.5, 0.6) is 0 Å². The first kappa shape index (κ1) is 13.1. The number of hydrogen-bond acceptors (Lipinski definition) is 1. The molecule has 0 radical (unpaired) electrons. The molecule has 0 aliphatic rings. The second-order valence-corrected chi connectivity index (χ2v) is 3.62. The summed E-state index contributed by atoms with van der Waals surface area (Å²) < 4.78 is 49.9. The van der Waals surface area contributed by atoms with Gasteiger partial charge in [-0.25, -0.2) is 4.39 Å². The largest absolute Gasteiger partial charge is 0.405 e.